The molecule has 0 saturated heterocycles. The van der Waals surface area contributed by atoms with Gasteiger partial charge in [0.1, 0.15) is 11.6 Å². The van der Waals surface area contributed by atoms with E-state index in [0.29, 0.717) is 0 Å². The molecule has 2 aromatic carbocycles. The Kier molecular flexibility index (Phi) is 6.33. The molecule has 1 N–H and O–H groups in total. The summed E-state index contributed by atoms with van der Waals surface area (Å²) in [6.45, 7) is 0.911. The van der Waals surface area contributed by atoms with Crippen LogP contribution in [0.2, 0.25) is 10.0 Å². The van der Waals surface area contributed by atoms with Crippen molar-refractivity contribution < 1.29 is 23.1 Å². The number of amides is 1. The average Bonchev–Trinajstić information content (AvgIpc) is 2.52. The van der Waals surface area contributed by atoms with Crippen LogP contribution in [0.15, 0.2) is 36.4 Å². The van der Waals surface area contributed by atoms with Gasteiger partial charge in [0, 0.05) is 11.6 Å². The van der Waals surface area contributed by atoms with Crippen LogP contribution < -0.4 is 5.32 Å². The van der Waals surface area contributed by atoms with Gasteiger partial charge >= 0.3 is 5.97 Å². The standard InChI is InChI=1S/C17H13Cl2F2NO3/c1-9(11-6-5-10(20)7-14(11)21)22-15(23)8-25-17(24)16-12(18)3-2-4-13(16)19/h2-7,9H,8H2,1H3,(H,22,23)/t9-/m1/s1. The first-order chi connectivity index (χ1) is 11.8. The van der Waals surface area contributed by atoms with Gasteiger partial charge in [-0.15, -0.1) is 0 Å². The Hall–Kier alpha value is -2.18. The molecule has 0 aliphatic carbocycles. The van der Waals surface area contributed by atoms with Crippen molar-refractivity contribution in [3.8, 4) is 0 Å². The van der Waals surface area contributed by atoms with Gasteiger partial charge in [0.15, 0.2) is 6.61 Å². The summed E-state index contributed by atoms with van der Waals surface area (Å²) in [5, 5.41) is 2.64. The van der Waals surface area contributed by atoms with Crippen LogP contribution in [0.5, 0.6) is 0 Å². The second kappa shape index (κ2) is 8.27. The van der Waals surface area contributed by atoms with Crippen molar-refractivity contribution in [2.24, 2.45) is 0 Å². The summed E-state index contributed by atoms with van der Waals surface area (Å²) >= 11 is 11.8. The van der Waals surface area contributed by atoms with Crippen LogP contribution in [0.25, 0.3) is 0 Å². The Labute approximate surface area is 152 Å². The summed E-state index contributed by atoms with van der Waals surface area (Å²) in [4.78, 5) is 23.8. The highest BCUT2D eigenvalue weighted by Crippen LogP contribution is 2.25. The molecule has 0 spiro atoms. The lowest BCUT2D eigenvalue weighted by atomic mass is 10.1. The molecule has 8 heteroatoms. The number of carbonyl (C=O) groups is 2. The number of hydrogen-bond donors (Lipinski definition) is 1. The van der Waals surface area contributed by atoms with Crippen LogP contribution in [-0.4, -0.2) is 18.5 Å². The van der Waals surface area contributed by atoms with E-state index < -0.39 is 36.2 Å². The van der Waals surface area contributed by atoms with Crippen LogP contribution >= 0.6 is 23.2 Å². The highest BCUT2D eigenvalue weighted by molar-refractivity contribution is 6.39. The largest absolute Gasteiger partial charge is 0.452 e. The summed E-state index contributed by atoms with van der Waals surface area (Å²) in [5.41, 5.74) is 0.0616. The fourth-order valence-electron chi connectivity index (χ4n) is 2.11. The molecule has 0 radical (unpaired) electrons. The van der Waals surface area contributed by atoms with Crippen LogP contribution in [-0.2, 0) is 9.53 Å². The Balaban J connectivity index is 1.95. The third-order valence-corrected chi connectivity index (χ3v) is 3.94. The Morgan fingerprint density at radius 1 is 1.16 bits per heavy atom. The van der Waals surface area contributed by atoms with E-state index in [4.69, 9.17) is 27.9 Å². The highest BCUT2D eigenvalue weighted by atomic mass is 35.5. The first-order valence-corrected chi connectivity index (χ1v) is 7.90. The van der Waals surface area contributed by atoms with Crippen molar-refractivity contribution in [1.29, 1.82) is 0 Å². The van der Waals surface area contributed by atoms with E-state index >= 15 is 0 Å². The van der Waals surface area contributed by atoms with Crippen molar-refractivity contribution in [3.05, 3.63) is 69.2 Å². The SMILES string of the molecule is C[C@@H](NC(=O)COC(=O)c1c(Cl)cccc1Cl)c1ccc(F)cc1F. The van der Waals surface area contributed by atoms with Gasteiger partial charge in [-0.25, -0.2) is 13.6 Å². The van der Waals surface area contributed by atoms with E-state index in [1.807, 2.05) is 0 Å². The topological polar surface area (TPSA) is 55.4 Å². The van der Waals surface area contributed by atoms with E-state index in [9.17, 15) is 18.4 Å². The molecule has 0 heterocycles. The second-order valence-corrected chi connectivity index (χ2v) is 5.94. The number of rotatable bonds is 5. The van der Waals surface area contributed by atoms with Crippen molar-refractivity contribution in [1.82, 2.24) is 5.32 Å². The predicted molar refractivity (Wildman–Crippen MR) is 89.7 cm³/mol. The van der Waals surface area contributed by atoms with Crippen LogP contribution in [0, 0.1) is 11.6 Å². The third kappa shape index (κ3) is 4.90. The van der Waals surface area contributed by atoms with Crippen molar-refractivity contribution in [2.75, 3.05) is 6.61 Å². The molecule has 2 rings (SSSR count). The molecule has 0 fully saturated rings. The molecule has 0 aliphatic heterocycles. The Morgan fingerprint density at radius 3 is 2.40 bits per heavy atom. The summed E-state index contributed by atoms with van der Waals surface area (Å²) in [5.74, 6) is -3.02. The van der Waals surface area contributed by atoms with Gasteiger partial charge in [0.25, 0.3) is 5.91 Å². The number of ether oxygens (including phenoxy) is 1. The Morgan fingerprint density at radius 2 is 1.80 bits per heavy atom. The fourth-order valence-corrected chi connectivity index (χ4v) is 2.66. The summed E-state index contributed by atoms with van der Waals surface area (Å²) in [6.07, 6.45) is 0. The van der Waals surface area contributed by atoms with Crippen LogP contribution in [0.1, 0.15) is 28.9 Å². The minimum atomic E-state index is -0.855. The van der Waals surface area contributed by atoms with E-state index in [1.165, 1.54) is 25.1 Å². The number of esters is 1. The first kappa shape index (κ1) is 19.1. The van der Waals surface area contributed by atoms with Gasteiger partial charge in [-0.1, -0.05) is 35.3 Å². The van der Waals surface area contributed by atoms with Crippen molar-refractivity contribution >= 4 is 35.1 Å². The first-order valence-electron chi connectivity index (χ1n) is 7.15. The van der Waals surface area contributed by atoms with Gasteiger partial charge in [0.2, 0.25) is 0 Å². The summed E-state index contributed by atoms with van der Waals surface area (Å²) in [7, 11) is 0. The number of halogens is 4. The molecule has 0 saturated carbocycles. The normalized spacial score (nSPS) is 11.7. The maximum absolute atomic E-state index is 13.7. The lowest BCUT2D eigenvalue weighted by molar-refractivity contribution is -0.124. The van der Waals surface area contributed by atoms with Gasteiger partial charge in [-0.2, -0.15) is 0 Å². The molecule has 2 aromatic rings. The fraction of sp³-hybridized carbons (Fsp3) is 0.176. The third-order valence-electron chi connectivity index (χ3n) is 3.31. The van der Waals surface area contributed by atoms with E-state index in [0.717, 1.165) is 12.1 Å². The lowest BCUT2D eigenvalue weighted by Crippen LogP contribution is -2.31. The van der Waals surface area contributed by atoms with E-state index in [2.05, 4.69) is 5.32 Å². The highest BCUT2D eigenvalue weighted by Gasteiger charge is 2.19. The minimum Gasteiger partial charge on any atom is -0.452 e. The van der Waals surface area contributed by atoms with Crippen molar-refractivity contribution in [3.63, 3.8) is 0 Å². The molecule has 0 aromatic heterocycles. The molecule has 0 unspecified atom stereocenters. The molecular weight excluding hydrogens is 375 g/mol. The lowest BCUT2D eigenvalue weighted by Gasteiger charge is -2.15. The molecule has 4 nitrogen and oxygen atoms in total. The quantitative estimate of drug-likeness (QED) is 0.777. The van der Waals surface area contributed by atoms with Crippen molar-refractivity contribution in [2.45, 2.75) is 13.0 Å². The van der Waals surface area contributed by atoms with Crippen LogP contribution in [0.3, 0.4) is 0 Å². The second-order valence-electron chi connectivity index (χ2n) is 5.13. The number of benzene rings is 2. The Bertz CT molecular complexity index is 794. The molecule has 132 valence electrons. The summed E-state index contributed by atoms with van der Waals surface area (Å²) < 4.78 is 31.4. The minimum absolute atomic E-state index is 0.0451. The van der Waals surface area contributed by atoms with Gasteiger partial charge in [-0.3, -0.25) is 4.79 Å². The monoisotopic (exact) mass is 387 g/mol. The molecular formula is C17H13Cl2F2NO3. The molecule has 25 heavy (non-hydrogen) atoms. The van der Waals surface area contributed by atoms with Gasteiger partial charge < -0.3 is 10.1 Å². The molecule has 0 bridgehead atoms. The zero-order valence-corrected chi connectivity index (χ0v) is 14.5. The maximum Gasteiger partial charge on any atom is 0.341 e. The smallest absolute Gasteiger partial charge is 0.341 e. The number of hydrogen-bond acceptors (Lipinski definition) is 3. The number of nitrogens with one attached hydrogen (secondary N) is 1. The average molecular weight is 388 g/mol. The molecule has 1 atom stereocenters. The van der Waals surface area contributed by atoms with Crippen LogP contribution in [0.4, 0.5) is 8.78 Å². The van der Waals surface area contributed by atoms with E-state index in [1.54, 1.807) is 6.07 Å². The zero-order valence-electron chi connectivity index (χ0n) is 13.0. The molecule has 1 amide bonds. The summed E-state index contributed by atoms with van der Waals surface area (Å²) in [6, 6.07) is 6.78. The van der Waals surface area contributed by atoms with Gasteiger partial charge in [0.05, 0.1) is 21.7 Å². The predicted octanol–water partition coefficient (Wildman–Crippen LogP) is 4.31. The zero-order chi connectivity index (χ0) is 18.6. The van der Waals surface area contributed by atoms with E-state index in [-0.39, 0.29) is 21.2 Å². The maximum atomic E-state index is 13.7. The van der Waals surface area contributed by atoms with Gasteiger partial charge in [-0.05, 0) is 25.1 Å². The molecule has 0 aliphatic rings. The number of carbonyl (C=O) groups excluding carboxylic acids is 2.